The van der Waals surface area contributed by atoms with Gasteiger partial charge < -0.3 is 10.2 Å². The van der Waals surface area contributed by atoms with E-state index in [9.17, 15) is 0 Å². The van der Waals surface area contributed by atoms with Crippen molar-refractivity contribution in [1.82, 2.24) is 10.2 Å². The van der Waals surface area contributed by atoms with Crippen LogP contribution in [0.15, 0.2) is 0 Å². The molecule has 2 rings (SSSR count). The van der Waals surface area contributed by atoms with Gasteiger partial charge in [-0.15, -0.1) is 0 Å². The molecule has 2 fully saturated rings. The highest BCUT2D eigenvalue weighted by molar-refractivity contribution is 4.85. The SMILES string of the molecule is CC(C)CCCC(C)N1CCC(CNC2CC2)C1. The van der Waals surface area contributed by atoms with Gasteiger partial charge in [-0.05, 0) is 57.5 Å². The van der Waals surface area contributed by atoms with Crippen molar-refractivity contribution < 1.29 is 0 Å². The largest absolute Gasteiger partial charge is 0.314 e. The predicted octanol–water partition coefficient (Wildman–Crippen LogP) is 3.28. The fourth-order valence-electron chi connectivity index (χ4n) is 3.05. The van der Waals surface area contributed by atoms with Crippen LogP contribution in [-0.2, 0) is 0 Å². The van der Waals surface area contributed by atoms with Crippen LogP contribution in [0.1, 0.15) is 59.3 Å². The quantitative estimate of drug-likeness (QED) is 0.713. The third kappa shape index (κ3) is 4.89. The van der Waals surface area contributed by atoms with Gasteiger partial charge in [-0.3, -0.25) is 0 Å². The van der Waals surface area contributed by atoms with Gasteiger partial charge in [0.05, 0.1) is 0 Å². The molecule has 1 saturated carbocycles. The molecule has 2 aliphatic rings. The van der Waals surface area contributed by atoms with E-state index in [1.165, 1.54) is 58.2 Å². The number of likely N-dealkylation sites (tertiary alicyclic amines) is 1. The first kappa shape index (κ1) is 14.3. The minimum absolute atomic E-state index is 0.801. The van der Waals surface area contributed by atoms with Crippen molar-refractivity contribution in [2.24, 2.45) is 11.8 Å². The second-order valence-electron chi connectivity index (χ2n) is 7.01. The Hall–Kier alpha value is -0.0800. The predicted molar refractivity (Wildman–Crippen MR) is 78.9 cm³/mol. The zero-order valence-corrected chi connectivity index (χ0v) is 12.6. The Kier molecular flexibility index (Phi) is 5.50. The molecule has 1 aliphatic heterocycles. The van der Waals surface area contributed by atoms with Crippen molar-refractivity contribution >= 4 is 0 Å². The number of nitrogens with one attached hydrogen (secondary N) is 1. The van der Waals surface area contributed by atoms with Gasteiger partial charge in [-0.1, -0.05) is 26.7 Å². The van der Waals surface area contributed by atoms with Crippen LogP contribution in [0.5, 0.6) is 0 Å². The van der Waals surface area contributed by atoms with Crippen molar-refractivity contribution in [3.8, 4) is 0 Å². The molecule has 18 heavy (non-hydrogen) atoms. The number of nitrogens with zero attached hydrogens (tertiary/aromatic N) is 1. The second kappa shape index (κ2) is 6.91. The van der Waals surface area contributed by atoms with Gasteiger partial charge in [0, 0.05) is 18.6 Å². The zero-order chi connectivity index (χ0) is 13.0. The van der Waals surface area contributed by atoms with Gasteiger partial charge >= 0.3 is 0 Å². The maximum absolute atomic E-state index is 3.69. The minimum atomic E-state index is 0.801. The average Bonchev–Trinajstić information content (AvgIpc) is 3.03. The Morgan fingerprint density at radius 2 is 1.89 bits per heavy atom. The number of rotatable bonds is 8. The van der Waals surface area contributed by atoms with Crippen LogP contribution in [0.4, 0.5) is 0 Å². The molecule has 2 heteroatoms. The standard InChI is InChI=1S/C16H32N2/c1-13(2)5-4-6-14(3)18-10-9-15(12-18)11-17-16-7-8-16/h13-17H,4-12H2,1-3H3. The van der Waals surface area contributed by atoms with E-state index in [0.29, 0.717) is 0 Å². The van der Waals surface area contributed by atoms with Crippen LogP contribution in [0, 0.1) is 11.8 Å². The Balaban J connectivity index is 1.57. The fourth-order valence-corrected chi connectivity index (χ4v) is 3.05. The van der Waals surface area contributed by atoms with Gasteiger partial charge in [-0.25, -0.2) is 0 Å². The summed E-state index contributed by atoms with van der Waals surface area (Å²) >= 11 is 0. The third-order valence-electron chi connectivity index (χ3n) is 4.62. The second-order valence-corrected chi connectivity index (χ2v) is 7.01. The Labute approximate surface area is 114 Å². The summed E-state index contributed by atoms with van der Waals surface area (Å²) in [6.45, 7) is 11.0. The average molecular weight is 252 g/mol. The maximum atomic E-state index is 3.69. The van der Waals surface area contributed by atoms with E-state index >= 15 is 0 Å². The topological polar surface area (TPSA) is 15.3 Å². The molecule has 0 spiro atoms. The lowest BCUT2D eigenvalue weighted by Crippen LogP contribution is -2.33. The summed E-state index contributed by atoms with van der Waals surface area (Å²) in [5.74, 6) is 1.78. The molecular weight excluding hydrogens is 220 g/mol. The monoisotopic (exact) mass is 252 g/mol. The molecule has 1 heterocycles. The van der Waals surface area contributed by atoms with E-state index in [2.05, 4.69) is 31.0 Å². The van der Waals surface area contributed by atoms with Gasteiger partial charge in [0.15, 0.2) is 0 Å². The highest BCUT2D eigenvalue weighted by Gasteiger charge is 2.28. The van der Waals surface area contributed by atoms with Crippen LogP contribution < -0.4 is 5.32 Å². The lowest BCUT2D eigenvalue weighted by atomic mass is 10.0. The van der Waals surface area contributed by atoms with Gasteiger partial charge in [0.1, 0.15) is 0 Å². The van der Waals surface area contributed by atoms with Crippen LogP contribution in [-0.4, -0.2) is 36.6 Å². The van der Waals surface area contributed by atoms with Crippen molar-refractivity contribution in [3.63, 3.8) is 0 Å². The van der Waals surface area contributed by atoms with Crippen LogP contribution in [0.2, 0.25) is 0 Å². The Morgan fingerprint density at radius 3 is 2.56 bits per heavy atom. The Bertz CT molecular complexity index is 235. The molecule has 0 aromatic rings. The van der Waals surface area contributed by atoms with Crippen molar-refractivity contribution in [3.05, 3.63) is 0 Å². The normalized spacial score (nSPS) is 27.0. The van der Waals surface area contributed by atoms with E-state index in [4.69, 9.17) is 0 Å². The maximum Gasteiger partial charge on any atom is 0.00683 e. The molecule has 0 bridgehead atoms. The minimum Gasteiger partial charge on any atom is -0.314 e. The first-order valence-corrected chi connectivity index (χ1v) is 8.12. The Morgan fingerprint density at radius 1 is 1.11 bits per heavy atom. The lowest BCUT2D eigenvalue weighted by Gasteiger charge is -2.24. The molecule has 0 radical (unpaired) electrons. The zero-order valence-electron chi connectivity index (χ0n) is 12.6. The molecule has 0 aromatic heterocycles. The smallest absolute Gasteiger partial charge is 0.00683 e. The first-order valence-electron chi connectivity index (χ1n) is 8.12. The highest BCUT2D eigenvalue weighted by Crippen LogP contribution is 2.23. The number of hydrogen-bond donors (Lipinski definition) is 1. The van der Waals surface area contributed by atoms with Gasteiger partial charge in [0.2, 0.25) is 0 Å². The summed E-state index contributed by atoms with van der Waals surface area (Å²) in [5.41, 5.74) is 0. The van der Waals surface area contributed by atoms with Crippen LogP contribution in [0.25, 0.3) is 0 Å². The molecule has 1 N–H and O–H groups in total. The lowest BCUT2D eigenvalue weighted by molar-refractivity contribution is 0.230. The molecule has 0 amide bonds. The highest BCUT2D eigenvalue weighted by atomic mass is 15.2. The molecule has 1 saturated heterocycles. The van der Waals surface area contributed by atoms with Crippen molar-refractivity contribution in [1.29, 1.82) is 0 Å². The summed E-state index contributed by atoms with van der Waals surface area (Å²) in [6, 6.07) is 1.68. The number of hydrogen-bond acceptors (Lipinski definition) is 2. The molecule has 2 unspecified atom stereocenters. The summed E-state index contributed by atoms with van der Waals surface area (Å²) in [5, 5.41) is 3.69. The van der Waals surface area contributed by atoms with Gasteiger partial charge in [-0.2, -0.15) is 0 Å². The van der Waals surface area contributed by atoms with E-state index < -0.39 is 0 Å². The molecule has 2 nitrogen and oxygen atoms in total. The van der Waals surface area contributed by atoms with Crippen LogP contribution in [0.3, 0.4) is 0 Å². The first-order chi connectivity index (χ1) is 8.65. The van der Waals surface area contributed by atoms with E-state index in [1.807, 2.05) is 0 Å². The summed E-state index contributed by atoms with van der Waals surface area (Å²) in [6.07, 6.45) is 8.43. The molecule has 1 aliphatic carbocycles. The van der Waals surface area contributed by atoms with E-state index in [1.54, 1.807) is 0 Å². The molecule has 106 valence electrons. The summed E-state index contributed by atoms with van der Waals surface area (Å²) < 4.78 is 0. The summed E-state index contributed by atoms with van der Waals surface area (Å²) in [4.78, 5) is 2.72. The van der Waals surface area contributed by atoms with E-state index in [0.717, 1.165) is 23.9 Å². The third-order valence-corrected chi connectivity index (χ3v) is 4.62. The van der Waals surface area contributed by atoms with Gasteiger partial charge in [0.25, 0.3) is 0 Å². The fraction of sp³-hybridized carbons (Fsp3) is 1.00. The van der Waals surface area contributed by atoms with Crippen molar-refractivity contribution in [2.75, 3.05) is 19.6 Å². The van der Waals surface area contributed by atoms with Crippen molar-refractivity contribution in [2.45, 2.75) is 71.4 Å². The van der Waals surface area contributed by atoms with Crippen LogP contribution >= 0.6 is 0 Å². The molecule has 2 atom stereocenters. The molecular formula is C16H32N2. The van der Waals surface area contributed by atoms with E-state index in [-0.39, 0.29) is 0 Å². The summed E-state index contributed by atoms with van der Waals surface area (Å²) in [7, 11) is 0. The molecule has 0 aromatic carbocycles.